The molecule has 0 aliphatic carbocycles. The van der Waals surface area contributed by atoms with Crippen LogP contribution in [0.1, 0.15) is 54.9 Å². The molecule has 1 N–H and O–H groups in total. The SMILES string of the molecule is C=CCN(C(=O)[C@@H]1[C@@H]2CC(C)C3(S2)C(C(=O)N(CC=C)C(C)(C)C)N([C@@H](CO)C(C)C)C(=O)[C@H]13)c1ccc(OCC)cc1. The van der Waals surface area contributed by atoms with E-state index in [-0.39, 0.29) is 41.4 Å². The molecule has 3 aliphatic rings. The fourth-order valence-corrected chi connectivity index (χ4v) is 9.89. The third kappa shape index (κ3) is 5.52. The van der Waals surface area contributed by atoms with Gasteiger partial charge in [0.15, 0.2) is 0 Å². The van der Waals surface area contributed by atoms with Crippen LogP contribution in [-0.4, -0.2) is 86.6 Å². The summed E-state index contributed by atoms with van der Waals surface area (Å²) in [4.78, 5) is 49.2. The Balaban J connectivity index is 1.83. The van der Waals surface area contributed by atoms with Crippen LogP contribution in [0.4, 0.5) is 5.69 Å². The minimum atomic E-state index is -0.801. The summed E-state index contributed by atoms with van der Waals surface area (Å²) >= 11 is 1.65. The number of hydrogen-bond donors (Lipinski definition) is 1. The van der Waals surface area contributed by atoms with Crippen LogP contribution in [0.5, 0.6) is 5.75 Å². The highest BCUT2D eigenvalue weighted by atomic mass is 32.2. The van der Waals surface area contributed by atoms with Crippen molar-refractivity contribution >= 4 is 35.2 Å². The lowest BCUT2D eigenvalue weighted by Gasteiger charge is -2.45. The molecule has 236 valence electrons. The average molecular weight is 612 g/mol. The van der Waals surface area contributed by atoms with Crippen molar-refractivity contribution in [2.45, 2.75) is 82.5 Å². The largest absolute Gasteiger partial charge is 0.494 e. The van der Waals surface area contributed by atoms with Gasteiger partial charge in [-0.3, -0.25) is 14.4 Å². The Morgan fingerprint density at radius 3 is 2.30 bits per heavy atom. The first kappa shape index (κ1) is 33.1. The molecule has 0 radical (unpaired) electrons. The van der Waals surface area contributed by atoms with Gasteiger partial charge in [0.2, 0.25) is 17.7 Å². The lowest BCUT2D eigenvalue weighted by molar-refractivity contribution is -0.149. The van der Waals surface area contributed by atoms with E-state index in [4.69, 9.17) is 4.74 Å². The molecule has 3 amide bonds. The molecule has 43 heavy (non-hydrogen) atoms. The quantitative estimate of drug-likeness (QED) is 0.343. The van der Waals surface area contributed by atoms with Crippen LogP contribution >= 0.6 is 11.8 Å². The van der Waals surface area contributed by atoms with Crippen LogP contribution in [0, 0.1) is 23.7 Å². The fourth-order valence-electron chi connectivity index (χ4n) is 7.49. The Bertz CT molecular complexity index is 1230. The zero-order valence-corrected chi connectivity index (χ0v) is 27.6. The van der Waals surface area contributed by atoms with E-state index in [1.807, 2.05) is 65.8 Å². The molecule has 3 aliphatic heterocycles. The van der Waals surface area contributed by atoms with Crippen LogP contribution in [0.25, 0.3) is 0 Å². The standard InChI is InChI=1S/C34H49N3O5S/c1-10-17-35(23-13-15-24(16-14-23)42-12-3)30(39)27-26-19-22(6)34(43-26)28(27)31(40)37(25(20-38)21(4)5)29(34)32(41)36(18-11-2)33(7,8)9/h10-11,13-16,21-22,25-29,38H,1-2,12,17-20H2,3-9H3/t22?,25-,26-,27+,28-,29?,34?/m0/s1. The predicted molar refractivity (Wildman–Crippen MR) is 173 cm³/mol. The second-order valence-corrected chi connectivity index (χ2v) is 14.9. The second kappa shape index (κ2) is 12.7. The molecule has 1 spiro atoms. The van der Waals surface area contributed by atoms with Gasteiger partial charge in [0.05, 0.1) is 35.8 Å². The van der Waals surface area contributed by atoms with Crippen molar-refractivity contribution in [1.29, 1.82) is 0 Å². The molecule has 3 fully saturated rings. The van der Waals surface area contributed by atoms with E-state index in [0.29, 0.717) is 25.4 Å². The highest BCUT2D eigenvalue weighted by molar-refractivity contribution is 8.02. The van der Waals surface area contributed by atoms with E-state index in [1.54, 1.807) is 38.6 Å². The molecule has 1 aromatic carbocycles. The van der Waals surface area contributed by atoms with E-state index in [2.05, 4.69) is 20.1 Å². The van der Waals surface area contributed by atoms with E-state index in [9.17, 15) is 19.5 Å². The number of carbonyl (C=O) groups is 3. The highest BCUT2D eigenvalue weighted by Crippen LogP contribution is 2.69. The van der Waals surface area contributed by atoms with Crippen molar-refractivity contribution in [1.82, 2.24) is 9.80 Å². The first-order valence-electron chi connectivity index (χ1n) is 15.5. The topological polar surface area (TPSA) is 90.4 Å². The summed E-state index contributed by atoms with van der Waals surface area (Å²) < 4.78 is 4.82. The lowest BCUT2D eigenvalue weighted by Crippen LogP contribution is -2.62. The fraction of sp³-hybridized carbons (Fsp3) is 0.618. The van der Waals surface area contributed by atoms with Crippen LogP contribution in [0.2, 0.25) is 0 Å². The van der Waals surface area contributed by atoms with Gasteiger partial charge in [0.25, 0.3) is 0 Å². The van der Waals surface area contributed by atoms with Crippen LogP contribution < -0.4 is 9.64 Å². The number of amides is 3. The monoisotopic (exact) mass is 611 g/mol. The molecule has 3 saturated heterocycles. The summed E-state index contributed by atoms with van der Waals surface area (Å²) in [5.41, 5.74) is 0.188. The van der Waals surface area contributed by atoms with Crippen LogP contribution in [0.15, 0.2) is 49.6 Å². The molecule has 4 rings (SSSR count). The Kier molecular flexibility index (Phi) is 9.77. The normalized spacial score (nSPS) is 28.5. The van der Waals surface area contributed by atoms with Gasteiger partial charge in [0.1, 0.15) is 11.8 Å². The van der Waals surface area contributed by atoms with Gasteiger partial charge >= 0.3 is 0 Å². The number of nitrogens with zero attached hydrogens (tertiary/aromatic N) is 3. The number of rotatable bonds is 12. The number of aliphatic hydroxyl groups excluding tert-OH is 1. The summed E-state index contributed by atoms with van der Waals surface area (Å²) in [6.07, 6.45) is 4.14. The van der Waals surface area contributed by atoms with Gasteiger partial charge in [-0.15, -0.1) is 24.9 Å². The molecule has 7 atom stereocenters. The second-order valence-electron chi connectivity index (χ2n) is 13.4. The van der Waals surface area contributed by atoms with Crippen molar-refractivity contribution in [3.63, 3.8) is 0 Å². The number of ether oxygens (including phenoxy) is 1. The van der Waals surface area contributed by atoms with E-state index < -0.39 is 34.2 Å². The third-order valence-electron chi connectivity index (χ3n) is 9.44. The number of carbonyl (C=O) groups excluding carboxylic acids is 3. The smallest absolute Gasteiger partial charge is 0.247 e. The highest BCUT2D eigenvalue weighted by Gasteiger charge is 2.77. The van der Waals surface area contributed by atoms with Crippen molar-refractivity contribution in [2.75, 3.05) is 31.2 Å². The summed E-state index contributed by atoms with van der Waals surface area (Å²) in [6, 6.07) is 6.05. The number of likely N-dealkylation sites (tertiary alicyclic amines) is 1. The molecule has 3 heterocycles. The molecule has 3 unspecified atom stereocenters. The molecular formula is C34H49N3O5S. The van der Waals surface area contributed by atoms with E-state index in [0.717, 1.165) is 12.2 Å². The Hall–Kier alpha value is -2.78. The van der Waals surface area contributed by atoms with Gasteiger partial charge in [-0.25, -0.2) is 0 Å². The van der Waals surface area contributed by atoms with Crippen LogP contribution in [-0.2, 0) is 14.4 Å². The number of aliphatic hydroxyl groups is 1. The first-order valence-corrected chi connectivity index (χ1v) is 16.4. The summed E-state index contributed by atoms with van der Waals surface area (Å²) in [7, 11) is 0. The van der Waals surface area contributed by atoms with Gasteiger partial charge < -0.3 is 24.5 Å². The van der Waals surface area contributed by atoms with Gasteiger partial charge in [-0.1, -0.05) is 32.9 Å². The molecule has 0 saturated carbocycles. The first-order chi connectivity index (χ1) is 20.3. The van der Waals surface area contributed by atoms with Gasteiger partial charge in [-0.05, 0) is 70.2 Å². The molecule has 0 aromatic heterocycles. The van der Waals surface area contributed by atoms with Crippen molar-refractivity contribution in [2.24, 2.45) is 23.7 Å². The molecule has 8 nitrogen and oxygen atoms in total. The van der Waals surface area contributed by atoms with Gasteiger partial charge in [-0.2, -0.15) is 0 Å². The lowest BCUT2D eigenvalue weighted by atomic mass is 9.65. The summed E-state index contributed by atoms with van der Waals surface area (Å²) in [5.74, 6) is -1.12. The number of hydrogen-bond acceptors (Lipinski definition) is 6. The Morgan fingerprint density at radius 1 is 1.16 bits per heavy atom. The maximum atomic E-state index is 14.7. The van der Waals surface area contributed by atoms with Crippen molar-refractivity contribution < 1.29 is 24.2 Å². The number of anilines is 1. The molecule has 2 bridgehead atoms. The number of fused-ring (bicyclic) bond motifs is 1. The van der Waals surface area contributed by atoms with E-state index >= 15 is 0 Å². The zero-order valence-electron chi connectivity index (χ0n) is 26.8. The maximum Gasteiger partial charge on any atom is 0.247 e. The van der Waals surface area contributed by atoms with Crippen LogP contribution in [0.3, 0.4) is 0 Å². The molecule has 9 heteroatoms. The number of benzene rings is 1. The summed E-state index contributed by atoms with van der Waals surface area (Å²) in [5, 5.41) is 10.5. The van der Waals surface area contributed by atoms with Crippen molar-refractivity contribution in [3.8, 4) is 5.75 Å². The molecule has 1 aromatic rings. The summed E-state index contributed by atoms with van der Waals surface area (Å²) in [6.45, 7) is 22.6. The van der Waals surface area contributed by atoms with E-state index in [1.165, 1.54) is 0 Å². The zero-order chi connectivity index (χ0) is 31.9. The minimum absolute atomic E-state index is 0.0230. The Morgan fingerprint density at radius 2 is 1.79 bits per heavy atom. The number of thioether (sulfide) groups is 1. The Labute approximate surface area is 261 Å². The predicted octanol–water partition coefficient (Wildman–Crippen LogP) is 4.77. The molecular weight excluding hydrogens is 562 g/mol. The van der Waals surface area contributed by atoms with Gasteiger partial charge in [0, 0.05) is 29.6 Å². The average Bonchev–Trinajstić information content (AvgIpc) is 3.54. The minimum Gasteiger partial charge on any atom is -0.494 e. The third-order valence-corrected chi connectivity index (χ3v) is 11.5. The maximum absolute atomic E-state index is 14.7. The van der Waals surface area contributed by atoms with Crippen molar-refractivity contribution in [3.05, 3.63) is 49.6 Å².